The second-order valence-corrected chi connectivity index (χ2v) is 6.04. The van der Waals surface area contributed by atoms with Gasteiger partial charge in [0.2, 0.25) is 0 Å². The van der Waals surface area contributed by atoms with Gasteiger partial charge in [-0.3, -0.25) is 0 Å². The summed E-state index contributed by atoms with van der Waals surface area (Å²) in [5.74, 6) is 0.736. The van der Waals surface area contributed by atoms with E-state index >= 15 is 0 Å². The van der Waals surface area contributed by atoms with Crippen molar-refractivity contribution in [3.8, 4) is 0 Å². The van der Waals surface area contributed by atoms with Crippen LogP contribution in [0.2, 0.25) is 0 Å². The van der Waals surface area contributed by atoms with Crippen molar-refractivity contribution < 1.29 is 0 Å². The Bertz CT molecular complexity index is 198. The minimum Gasteiger partial charge on any atom is -0.320 e. The normalized spacial score (nSPS) is 15.2. The number of rotatable bonds is 7. The zero-order chi connectivity index (χ0) is 12.6. The molecule has 1 N–H and O–H groups in total. The standard InChI is InChI=1S/C15H31N/c1-7-14(10-8-9-11-16-6)13(2)12-15(3,4)5/h10,13,16H,7-9,11-12H2,1-6H3. The lowest BCUT2D eigenvalue weighted by atomic mass is 9.81. The molecule has 0 radical (unpaired) electrons. The van der Waals surface area contributed by atoms with Crippen LogP contribution in [0.25, 0.3) is 0 Å². The topological polar surface area (TPSA) is 12.0 Å². The smallest absolute Gasteiger partial charge is 0.00490 e. The Morgan fingerprint density at radius 2 is 1.94 bits per heavy atom. The lowest BCUT2D eigenvalue weighted by molar-refractivity contribution is 0.326. The van der Waals surface area contributed by atoms with Gasteiger partial charge in [0, 0.05) is 0 Å². The van der Waals surface area contributed by atoms with Crippen molar-refractivity contribution in [3.63, 3.8) is 0 Å². The SMILES string of the molecule is CCC(=CCCCNC)C(C)CC(C)(C)C. The van der Waals surface area contributed by atoms with E-state index in [4.69, 9.17) is 0 Å². The Labute approximate surface area is 103 Å². The number of nitrogens with one attached hydrogen (secondary N) is 1. The molecule has 0 heterocycles. The Hall–Kier alpha value is -0.300. The monoisotopic (exact) mass is 225 g/mol. The third-order valence-corrected chi connectivity index (χ3v) is 3.00. The van der Waals surface area contributed by atoms with Gasteiger partial charge in [-0.2, -0.15) is 0 Å². The van der Waals surface area contributed by atoms with Crippen LogP contribution in [-0.4, -0.2) is 13.6 Å². The molecule has 0 aliphatic heterocycles. The molecule has 1 nitrogen and oxygen atoms in total. The zero-order valence-electron chi connectivity index (χ0n) is 12.2. The van der Waals surface area contributed by atoms with Crippen LogP contribution in [0, 0.1) is 11.3 Å². The van der Waals surface area contributed by atoms with Gasteiger partial charge >= 0.3 is 0 Å². The van der Waals surface area contributed by atoms with Gasteiger partial charge in [0.05, 0.1) is 0 Å². The predicted octanol–water partition coefficient (Wildman–Crippen LogP) is 4.39. The summed E-state index contributed by atoms with van der Waals surface area (Å²) in [6.45, 7) is 12.8. The highest BCUT2D eigenvalue weighted by molar-refractivity contribution is 5.05. The summed E-state index contributed by atoms with van der Waals surface area (Å²) < 4.78 is 0. The molecule has 96 valence electrons. The van der Waals surface area contributed by atoms with Crippen molar-refractivity contribution >= 4 is 0 Å². The summed E-state index contributed by atoms with van der Waals surface area (Å²) >= 11 is 0. The number of hydrogen-bond donors (Lipinski definition) is 1. The number of hydrogen-bond acceptors (Lipinski definition) is 1. The average Bonchev–Trinajstić information content (AvgIpc) is 2.15. The highest BCUT2D eigenvalue weighted by Crippen LogP contribution is 2.29. The molecular formula is C15H31N. The van der Waals surface area contributed by atoms with Crippen LogP contribution in [-0.2, 0) is 0 Å². The summed E-state index contributed by atoms with van der Waals surface area (Å²) in [5.41, 5.74) is 2.09. The molecule has 0 spiro atoms. The fraction of sp³-hybridized carbons (Fsp3) is 0.867. The summed E-state index contributed by atoms with van der Waals surface area (Å²) in [6.07, 6.45) is 7.43. The van der Waals surface area contributed by atoms with E-state index in [9.17, 15) is 0 Å². The van der Waals surface area contributed by atoms with Crippen LogP contribution >= 0.6 is 0 Å². The first-order valence-electron chi connectivity index (χ1n) is 6.74. The van der Waals surface area contributed by atoms with E-state index in [-0.39, 0.29) is 0 Å². The Morgan fingerprint density at radius 1 is 1.31 bits per heavy atom. The maximum absolute atomic E-state index is 3.20. The predicted molar refractivity (Wildman–Crippen MR) is 74.8 cm³/mol. The average molecular weight is 225 g/mol. The van der Waals surface area contributed by atoms with Gasteiger partial charge < -0.3 is 5.32 Å². The van der Waals surface area contributed by atoms with Crippen molar-refractivity contribution in [1.82, 2.24) is 5.32 Å². The van der Waals surface area contributed by atoms with E-state index in [1.54, 1.807) is 5.57 Å². The van der Waals surface area contributed by atoms with Crippen LogP contribution in [0.1, 0.15) is 60.3 Å². The van der Waals surface area contributed by atoms with E-state index in [2.05, 4.69) is 46.0 Å². The zero-order valence-corrected chi connectivity index (χ0v) is 12.2. The molecule has 1 heteroatoms. The van der Waals surface area contributed by atoms with E-state index in [0.29, 0.717) is 5.41 Å². The van der Waals surface area contributed by atoms with E-state index in [1.807, 2.05) is 7.05 Å². The summed E-state index contributed by atoms with van der Waals surface area (Å²) in [5, 5.41) is 3.20. The molecule has 0 amide bonds. The molecule has 0 bridgehead atoms. The van der Waals surface area contributed by atoms with Gasteiger partial charge in [0.15, 0.2) is 0 Å². The van der Waals surface area contributed by atoms with Gasteiger partial charge in [0.1, 0.15) is 0 Å². The highest BCUT2D eigenvalue weighted by Gasteiger charge is 2.17. The molecule has 16 heavy (non-hydrogen) atoms. The van der Waals surface area contributed by atoms with E-state index < -0.39 is 0 Å². The third kappa shape index (κ3) is 7.92. The molecule has 0 aliphatic rings. The number of allylic oxidation sites excluding steroid dienone is 2. The van der Waals surface area contributed by atoms with Gasteiger partial charge in [-0.25, -0.2) is 0 Å². The minimum atomic E-state index is 0.443. The first kappa shape index (κ1) is 15.7. The summed E-state index contributed by atoms with van der Waals surface area (Å²) in [6, 6.07) is 0. The van der Waals surface area contributed by atoms with Gasteiger partial charge in [-0.15, -0.1) is 0 Å². The molecule has 0 aromatic rings. The van der Waals surface area contributed by atoms with Crippen LogP contribution in [0.3, 0.4) is 0 Å². The molecule has 0 rings (SSSR count). The van der Waals surface area contributed by atoms with Crippen molar-refractivity contribution in [1.29, 1.82) is 0 Å². The van der Waals surface area contributed by atoms with E-state index in [1.165, 1.54) is 25.7 Å². The third-order valence-electron chi connectivity index (χ3n) is 3.00. The summed E-state index contributed by atoms with van der Waals surface area (Å²) in [7, 11) is 2.02. The van der Waals surface area contributed by atoms with Gasteiger partial charge in [-0.1, -0.05) is 46.3 Å². The largest absolute Gasteiger partial charge is 0.320 e. The molecule has 0 saturated heterocycles. The van der Waals surface area contributed by atoms with Crippen molar-refractivity contribution in [3.05, 3.63) is 11.6 Å². The van der Waals surface area contributed by atoms with Crippen LogP contribution < -0.4 is 5.32 Å². The maximum atomic E-state index is 3.20. The van der Waals surface area contributed by atoms with E-state index in [0.717, 1.165) is 12.5 Å². The fourth-order valence-corrected chi connectivity index (χ4v) is 2.31. The first-order valence-corrected chi connectivity index (χ1v) is 6.74. The second-order valence-electron chi connectivity index (χ2n) is 6.04. The molecule has 0 fully saturated rings. The Kier molecular flexibility index (Phi) is 7.74. The van der Waals surface area contributed by atoms with Crippen LogP contribution in [0.5, 0.6) is 0 Å². The molecule has 0 aliphatic carbocycles. The molecule has 0 aromatic carbocycles. The highest BCUT2D eigenvalue weighted by atomic mass is 14.8. The Balaban J connectivity index is 4.14. The Morgan fingerprint density at radius 3 is 2.38 bits per heavy atom. The van der Waals surface area contributed by atoms with Gasteiger partial charge in [-0.05, 0) is 50.6 Å². The van der Waals surface area contributed by atoms with Crippen LogP contribution in [0.15, 0.2) is 11.6 Å². The van der Waals surface area contributed by atoms with Crippen molar-refractivity contribution in [2.75, 3.05) is 13.6 Å². The molecule has 0 aromatic heterocycles. The maximum Gasteiger partial charge on any atom is -0.00490 e. The van der Waals surface area contributed by atoms with Gasteiger partial charge in [0.25, 0.3) is 0 Å². The molecule has 1 atom stereocenters. The van der Waals surface area contributed by atoms with Crippen LogP contribution in [0.4, 0.5) is 0 Å². The lowest BCUT2D eigenvalue weighted by Crippen LogP contribution is -2.12. The second kappa shape index (κ2) is 7.89. The minimum absolute atomic E-state index is 0.443. The quantitative estimate of drug-likeness (QED) is 0.500. The molecule has 0 saturated carbocycles. The van der Waals surface area contributed by atoms with Crippen molar-refractivity contribution in [2.45, 2.75) is 60.3 Å². The summed E-state index contributed by atoms with van der Waals surface area (Å²) in [4.78, 5) is 0. The molecule has 1 unspecified atom stereocenters. The molecular weight excluding hydrogens is 194 g/mol. The number of unbranched alkanes of at least 4 members (excludes halogenated alkanes) is 1. The first-order chi connectivity index (χ1) is 7.40. The lowest BCUT2D eigenvalue weighted by Gasteiger charge is -2.25. The van der Waals surface area contributed by atoms with Crippen molar-refractivity contribution in [2.24, 2.45) is 11.3 Å². The fourth-order valence-electron chi connectivity index (χ4n) is 2.31.